The number of carbonyl (C=O) groups excluding carboxylic acids is 4. The lowest BCUT2D eigenvalue weighted by Gasteiger charge is -2.42. The summed E-state index contributed by atoms with van der Waals surface area (Å²) in [6, 6.07) is 5.40. The molecular weight excluding hydrogens is 430 g/mol. The number of ketones is 2. The van der Waals surface area contributed by atoms with Crippen LogP contribution in [0, 0.1) is 17.8 Å². The Labute approximate surface area is 198 Å². The Morgan fingerprint density at radius 3 is 2.62 bits per heavy atom. The number of imide groups is 1. The van der Waals surface area contributed by atoms with Crippen molar-refractivity contribution >= 4 is 23.4 Å². The number of fused-ring (bicyclic) bond motifs is 3. The van der Waals surface area contributed by atoms with E-state index in [2.05, 4.69) is 6.58 Å². The van der Waals surface area contributed by atoms with E-state index in [1.165, 1.54) is 11.0 Å². The maximum absolute atomic E-state index is 13.4. The fraction of sp³-hybridized carbons (Fsp3) is 0.357. The molecular formula is C28H27NO5. The van der Waals surface area contributed by atoms with Crippen molar-refractivity contribution in [3.05, 3.63) is 76.4 Å². The van der Waals surface area contributed by atoms with Crippen molar-refractivity contribution in [3.8, 4) is 5.75 Å². The molecule has 0 bridgehead atoms. The Morgan fingerprint density at radius 2 is 1.91 bits per heavy atom. The van der Waals surface area contributed by atoms with Crippen LogP contribution in [0.25, 0.3) is 0 Å². The molecule has 0 saturated carbocycles. The molecule has 1 aromatic rings. The summed E-state index contributed by atoms with van der Waals surface area (Å²) in [5.41, 5.74) is 3.22. The van der Waals surface area contributed by atoms with E-state index in [9.17, 15) is 24.3 Å². The molecule has 174 valence electrons. The van der Waals surface area contributed by atoms with Crippen molar-refractivity contribution in [1.82, 2.24) is 4.90 Å². The summed E-state index contributed by atoms with van der Waals surface area (Å²) in [5, 5.41) is 11.2. The zero-order chi connectivity index (χ0) is 24.3. The van der Waals surface area contributed by atoms with Gasteiger partial charge in [0.2, 0.25) is 11.8 Å². The summed E-state index contributed by atoms with van der Waals surface area (Å²) >= 11 is 0. The minimum Gasteiger partial charge on any atom is -0.507 e. The molecule has 1 heterocycles. The number of aromatic hydroxyl groups is 1. The quantitative estimate of drug-likeness (QED) is 0.424. The Morgan fingerprint density at radius 1 is 1.15 bits per heavy atom. The number of allylic oxidation sites excluding steroid dienone is 7. The molecule has 5 rings (SSSR count). The molecule has 1 aromatic carbocycles. The zero-order valence-corrected chi connectivity index (χ0v) is 19.3. The SMILES string of the molecule is C=CCc1cccc(C2C3=CCC4C(=O)N(CC)C(=O)C4C3CC3=C2C(=O)C(C)=CC3=O)c1O. The first-order valence-electron chi connectivity index (χ1n) is 11.8. The molecule has 3 aliphatic carbocycles. The Kier molecular flexibility index (Phi) is 5.27. The predicted molar refractivity (Wildman–Crippen MR) is 126 cm³/mol. The van der Waals surface area contributed by atoms with Crippen LogP contribution in [-0.4, -0.2) is 39.9 Å². The number of phenols is 1. The second-order valence-corrected chi connectivity index (χ2v) is 9.50. The maximum Gasteiger partial charge on any atom is 0.233 e. The van der Waals surface area contributed by atoms with Crippen LogP contribution in [0.15, 0.2) is 65.3 Å². The largest absolute Gasteiger partial charge is 0.507 e. The lowest BCUT2D eigenvalue weighted by atomic mass is 9.59. The number of amides is 2. The number of hydrogen-bond acceptors (Lipinski definition) is 5. The van der Waals surface area contributed by atoms with Crippen LogP contribution >= 0.6 is 0 Å². The van der Waals surface area contributed by atoms with Crippen LogP contribution in [-0.2, 0) is 25.6 Å². The van der Waals surface area contributed by atoms with E-state index < -0.39 is 17.8 Å². The number of Topliss-reactive ketones (excluding diaryl/α,β-unsaturated/α-hetero) is 1. The monoisotopic (exact) mass is 457 g/mol. The molecule has 1 fully saturated rings. The van der Waals surface area contributed by atoms with Gasteiger partial charge in [0, 0.05) is 34.7 Å². The molecule has 0 radical (unpaired) electrons. The first kappa shape index (κ1) is 22.3. The lowest BCUT2D eigenvalue weighted by molar-refractivity contribution is -0.139. The van der Waals surface area contributed by atoms with Gasteiger partial charge in [-0.05, 0) is 50.7 Å². The first-order chi connectivity index (χ1) is 16.3. The second-order valence-electron chi connectivity index (χ2n) is 9.50. The molecule has 1 aliphatic heterocycles. The number of hydrogen-bond donors (Lipinski definition) is 1. The third-order valence-corrected chi connectivity index (χ3v) is 7.80. The van der Waals surface area contributed by atoms with Gasteiger partial charge in [-0.15, -0.1) is 6.58 Å². The summed E-state index contributed by atoms with van der Waals surface area (Å²) in [5.74, 6) is -2.76. The van der Waals surface area contributed by atoms with Gasteiger partial charge in [-0.25, -0.2) is 0 Å². The molecule has 4 unspecified atom stereocenters. The smallest absolute Gasteiger partial charge is 0.233 e. The number of benzene rings is 1. The van der Waals surface area contributed by atoms with Crippen LogP contribution in [0.1, 0.15) is 43.7 Å². The van der Waals surface area contributed by atoms with Crippen molar-refractivity contribution in [2.45, 2.75) is 39.0 Å². The highest BCUT2D eigenvalue weighted by molar-refractivity contribution is 6.24. The normalized spacial score (nSPS) is 28.4. The van der Waals surface area contributed by atoms with Crippen LogP contribution in [0.4, 0.5) is 0 Å². The minimum atomic E-state index is -0.641. The van der Waals surface area contributed by atoms with E-state index in [1.807, 2.05) is 12.1 Å². The summed E-state index contributed by atoms with van der Waals surface area (Å²) in [7, 11) is 0. The van der Waals surface area contributed by atoms with Crippen molar-refractivity contribution in [3.63, 3.8) is 0 Å². The Balaban J connectivity index is 1.72. The van der Waals surface area contributed by atoms with Gasteiger partial charge in [-0.3, -0.25) is 24.1 Å². The number of phenolic OH excluding ortho intramolecular Hbond substituents is 1. The molecule has 6 nitrogen and oxygen atoms in total. The van der Waals surface area contributed by atoms with E-state index in [4.69, 9.17) is 0 Å². The Bertz CT molecular complexity index is 1260. The summed E-state index contributed by atoms with van der Waals surface area (Å²) in [6.07, 6.45) is 6.13. The average Bonchev–Trinajstić information content (AvgIpc) is 3.07. The van der Waals surface area contributed by atoms with E-state index in [0.717, 1.165) is 5.57 Å². The maximum atomic E-state index is 13.4. The van der Waals surface area contributed by atoms with Crippen molar-refractivity contribution in [1.29, 1.82) is 0 Å². The van der Waals surface area contributed by atoms with Gasteiger partial charge in [0.15, 0.2) is 11.6 Å². The standard InChI is InChI=1S/C28H27NO5/c1-4-7-15-8-6-9-17(26(15)32)22-16-10-11-18-23(28(34)29(5-2)27(18)33)19(16)13-20-21(30)12-14(3)25(31)24(20)22/h4,6,8-10,12,18-19,22-23,32H,1,5,7,11,13H2,2-3H3. The highest BCUT2D eigenvalue weighted by atomic mass is 16.3. The van der Waals surface area contributed by atoms with Crippen LogP contribution in [0.5, 0.6) is 5.75 Å². The fourth-order valence-corrected chi connectivity index (χ4v) is 6.26. The van der Waals surface area contributed by atoms with Gasteiger partial charge < -0.3 is 5.11 Å². The molecule has 1 saturated heterocycles. The van der Waals surface area contributed by atoms with Gasteiger partial charge in [-0.2, -0.15) is 0 Å². The molecule has 2 amide bonds. The van der Waals surface area contributed by atoms with Gasteiger partial charge in [0.1, 0.15) is 5.75 Å². The molecule has 1 N–H and O–H groups in total. The molecule has 4 aliphatic rings. The third kappa shape index (κ3) is 3.01. The van der Waals surface area contributed by atoms with Gasteiger partial charge in [0.25, 0.3) is 0 Å². The van der Waals surface area contributed by atoms with Gasteiger partial charge in [-0.1, -0.05) is 35.9 Å². The summed E-state index contributed by atoms with van der Waals surface area (Å²) < 4.78 is 0. The number of para-hydroxylation sites is 1. The third-order valence-electron chi connectivity index (χ3n) is 7.80. The van der Waals surface area contributed by atoms with Crippen molar-refractivity contribution < 1.29 is 24.3 Å². The number of carbonyl (C=O) groups is 4. The molecule has 34 heavy (non-hydrogen) atoms. The highest BCUT2D eigenvalue weighted by Gasteiger charge is 2.56. The van der Waals surface area contributed by atoms with Gasteiger partial charge in [0.05, 0.1) is 11.8 Å². The minimum absolute atomic E-state index is 0.0689. The average molecular weight is 458 g/mol. The van der Waals surface area contributed by atoms with Crippen molar-refractivity contribution in [2.75, 3.05) is 6.54 Å². The molecule has 6 heteroatoms. The lowest BCUT2D eigenvalue weighted by Crippen LogP contribution is -2.39. The van der Waals surface area contributed by atoms with E-state index >= 15 is 0 Å². The van der Waals surface area contributed by atoms with Crippen LogP contribution < -0.4 is 0 Å². The van der Waals surface area contributed by atoms with E-state index in [0.29, 0.717) is 47.2 Å². The zero-order valence-electron chi connectivity index (χ0n) is 19.3. The second kappa shape index (κ2) is 8.05. The number of rotatable bonds is 4. The van der Waals surface area contributed by atoms with Crippen LogP contribution in [0.2, 0.25) is 0 Å². The summed E-state index contributed by atoms with van der Waals surface area (Å²) in [4.78, 5) is 54.0. The fourth-order valence-electron chi connectivity index (χ4n) is 6.26. The van der Waals surface area contributed by atoms with Crippen molar-refractivity contribution in [2.24, 2.45) is 17.8 Å². The van der Waals surface area contributed by atoms with Gasteiger partial charge >= 0.3 is 0 Å². The predicted octanol–water partition coefficient (Wildman–Crippen LogP) is 3.57. The number of likely N-dealkylation sites (tertiary alicyclic amines) is 1. The van der Waals surface area contributed by atoms with Crippen LogP contribution in [0.3, 0.4) is 0 Å². The van der Waals surface area contributed by atoms with E-state index in [1.54, 1.807) is 32.1 Å². The molecule has 0 aromatic heterocycles. The number of nitrogens with zero attached hydrogens (tertiary/aromatic N) is 1. The highest BCUT2D eigenvalue weighted by Crippen LogP contribution is 2.56. The topological polar surface area (TPSA) is 91.8 Å². The summed E-state index contributed by atoms with van der Waals surface area (Å²) in [6.45, 7) is 7.48. The van der Waals surface area contributed by atoms with E-state index in [-0.39, 0.29) is 41.5 Å². The first-order valence-corrected chi connectivity index (χ1v) is 11.8. The Hall–Kier alpha value is -3.54. The molecule has 4 atom stereocenters. The molecule has 0 spiro atoms.